The van der Waals surface area contributed by atoms with Crippen molar-refractivity contribution in [1.29, 1.82) is 0 Å². The van der Waals surface area contributed by atoms with E-state index in [-0.39, 0.29) is 12.0 Å². The fourth-order valence-electron chi connectivity index (χ4n) is 2.91. The number of nitrogens with zero attached hydrogens (tertiary/aromatic N) is 1. The third kappa shape index (κ3) is 3.19. The van der Waals surface area contributed by atoms with Crippen LogP contribution in [0.1, 0.15) is 33.1 Å². The van der Waals surface area contributed by atoms with Crippen LogP contribution < -0.4 is 5.32 Å². The van der Waals surface area contributed by atoms with Crippen molar-refractivity contribution in [2.45, 2.75) is 45.3 Å². The minimum Gasteiger partial charge on any atom is -0.390 e. The number of carbonyl (C=O) groups excluding carboxylic acids is 1. The summed E-state index contributed by atoms with van der Waals surface area (Å²) in [6, 6.07) is 0.345. The van der Waals surface area contributed by atoms with Gasteiger partial charge in [-0.25, -0.2) is 0 Å². The summed E-state index contributed by atoms with van der Waals surface area (Å²) in [6.45, 7) is 6.24. The van der Waals surface area contributed by atoms with E-state index in [1.54, 1.807) is 0 Å². The molecule has 17 heavy (non-hydrogen) atoms. The molecule has 98 valence electrons. The second-order valence-electron chi connectivity index (χ2n) is 5.79. The summed E-state index contributed by atoms with van der Waals surface area (Å²) < 4.78 is 0. The fourth-order valence-corrected chi connectivity index (χ4v) is 2.91. The van der Waals surface area contributed by atoms with Crippen molar-refractivity contribution in [3.05, 3.63) is 0 Å². The van der Waals surface area contributed by atoms with Crippen LogP contribution in [0.2, 0.25) is 0 Å². The van der Waals surface area contributed by atoms with Gasteiger partial charge in [-0.15, -0.1) is 0 Å². The average Bonchev–Trinajstić information content (AvgIpc) is 2.23. The van der Waals surface area contributed by atoms with Crippen LogP contribution in [-0.4, -0.2) is 47.7 Å². The predicted molar refractivity (Wildman–Crippen MR) is 66.6 cm³/mol. The quantitative estimate of drug-likeness (QED) is 0.760. The monoisotopic (exact) mass is 240 g/mol. The van der Waals surface area contributed by atoms with E-state index in [0.717, 1.165) is 6.42 Å². The van der Waals surface area contributed by atoms with E-state index in [1.807, 2.05) is 4.90 Å². The Morgan fingerprint density at radius 2 is 2.06 bits per heavy atom. The maximum absolute atomic E-state index is 11.8. The number of hydrogen-bond donors (Lipinski definition) is 2. The Morgan fingerprint density at radius 1 is 1.35 bits per heavy atom. The molecule has 1 heterocycles. The van der Waals surface area contributed by atoms with Gasteiger partial charge < -0.3 is 10.4 Å². The summed E-state index contributed by atoms with van der Waals surface area (Å²) >= 11 is 0. The molecule has 4 heteroatoms. The van der Waals surface area contributed by atoms with Crippen molar-refractivity contribution >= 4 is 5.91 Å². The van der Waals surface area contributed by atoms with Gasteiger partial charge in [0.05, 0.1) is 12.6 Å². The normalized spacial score (nSPS) is 35.4. The molecule has 1 saturated heterocycles. The Morgan fingerprint density at radius 3 is 2.71 bits per heavy atom. The molecule has 3 unspecified atom stereocenters. The third-order valence-electron chi connectivity index (χ3n) is 4.36. The van der Waals surface area contributed by atoms with E-state index in [9.17, 15) is 4.79 Å². The lowest BCUT2D eigenvalue weighted by atomic mass is 9.78. The van der Waals surface area contributed by atoms with E-state index in [4.69, 9.17) is 5.11 Å². The third-order valence-corrected chi connectivity index (χ3v) is 4.36. The number of amides is 1. The Kier molecular flexibility index (Phi) is 4.05. The van der Waals surface area contributed by atoms with Gasteiger partial charge in [0.1, 0.15) is 0 Å². The first-order chi connectivity index (χ1) is 8.06. The van der Waals surface area contributed by atoms with Crippen LogP contribution in [0.25, 0.3) is 0 Å². The standard InChI is InChI=1S/C13H24N2O2/c1-9-4-3-5-12(10(9)2)14-13(17)8-15-6-11(16)7-15/h9-12,16H,3-8H2,1-2H3,(H,14,17). The molecule has 1 amide bonds. The largest absolute Gasteiger partial charge is 0.390 e. The summed E-state index contributed by atoms with van der Waals surface area (Å²) in [5.41, 5.74) is 0. The maximum atomic E-state index is 11.8. The van der Waals surface area contributed by atoms with Gasteiger partial charge in [0.15, 0.2) is 0 Å². The molecule has 1 saturated carbocycles. The highest BCUT2D eigenvalue weighted by Crippen LogP contribution is 2.29. The smallest absolute Gasteiger partial charge is 0.234 e. The number of β-amino-alcohol motifs (C(OH)–C–C–N with tert-alkyl or cyclic N) is 1. The van der Waals surface area contributed by atoms with Crippen LogP contribution >= 0.6 is 0 Å². The summed E-state index contributed by atoms with van der Waals surface area (Å²) in [5, 5.41) is 12.3. The van der Waals surface area contributed by atoms with Crippen LogP contribution in [-0.2, 0) is 4.79 Å². The fraction of sp³-hybridized carbons (Fsp3) is 0.923. The molecule has 0 aromatic rings. The molecular formula is C13H24N2O2. The SMILES string of the molecule is CC1CCCC(NC(=O)CN2CC(O)C2)C1C. The van der Waals surface area contributed by atoms with Gasteiger partial charge in [-0.2, -0.15) is 0 Å². The highest BCUT2D eigenvalue weighted by Gasteiger charge is 2.30. The average molecular weight is 240 g/mol. The minimum absolute atomic E-state index is 0.114. The van der Waals surface area contributed by atoms with Crippen LogP contribution in [0.15, 0.2) is 0 Å². The lowest BCUT2D eigenvalue weighted by Gasteiger charge is -2.37. The van der Waals surface area contributed by atoms with Crippen molar-refractivity contribution in [3.63, 3.8) is 0 Å². The topological polar surface area (TPSA) is 52.6 Å². The van der Waals surface area contributed by atoms with Gasteiger partial charge in [0, 0.05) is 19.1 Å². The summed E-state index contributed by atoms with van der Waals surface area (Å²) in [7, 11) is 0. The van der Waals surface area contributed by atoms with Crippen LogP contribution in [0.4, 0.5) is 0 Å². The molecule has 0 aromatic carbocycles. The molecule has 0 aromatic heterocycles. The maximum Gasteiger partial charge on any atom is 0.234 e. The molecular weight excluding hydrogens is 216 g/mol. The Balaban J connectivity index is 1.74. The number of nitrogens with one attached hydrogen (secondary N) is 1. The number of carbonyl (C=O) groups is 1. The van der Waals surface area contributed by atoms with Crippen LogP contribution in [0.5, 0.6) is 0 Å². The van der Waals surface area contributed by atoms with E-state index in [2.05, 4.69) is 19.2 Å². The highest BCUT2D eigenvalue weighted by atomic mass is 16.3. The van der Waals surface area contributed by atoms with Crippen molar-refractivity contribution in [2.75, 3.05) is 19.6 Å². The number of aliphatic hydroxyl groups excluding tert-OH is 1. The molecule has 4 nitrogen and oxygen atoms in total. The number of aliphatic hydroxyl groups is 1. The zero-order valence-corrected chi connectivity index (χ0v) is 10.9. The predicted octanol–water partition coefficient (Wildman–Crippen LogP) is 0.604. The molecule has 0 spiro atoms. The number of likely N-dealkylation sites (tertiary alicyclic amines) is 1. The molecule has 1 aliphatic heterocycles. The van der Waals surface area contributed by atoms with Crippen molar-refractivity contribution in [1.82, 2.24) is 10.2 Å². The summed E-state index contributed by atoms with van der Waals surface area (Å²) in [6.07, 6.45) is 3.39. The lowest BCUT2D eigenvalue weighted by Crippen LogP contribution is -2.55. The molecule has 2 N–H and O–H groups in total. The van der Waals surface area contributed by atoms with E-state index >= 15 is 0 Å². The van der Waals surface area contributed by atoms with Crippen LogP contribution in [0, 0.1) is 11.8 Å². The Bertz CT molecular complexity index is 277. The van der Waals surface area contributed by atoms with Crippen LogP contribution in [0.3, 0.4) is 0 Å². The Labute approximate surface area is 103 Å². The highest BCUT2D eigenvalue weighted by molar-refractivity contribution is 5.78. The first-order valence-corrected chi connectivity index (χ1v) is 6.76. The van der Waals surface area contributed by atoms with E-state index < -0.39 is 0 Å². The van der Waals surface area contributed by atoms with Crippen molar-refractivity contribution in [3.8, 4) is 0 Å². The van der Waals surface area contributed by atoms with Gasteiger partial charge in [-0.3, -0.25) is 9.69 Å². The van der Waals surface area contributed by atoms with E-state index in [1.165, 1.54) is 12.8 Å². The second kappa shape index (κ2) is 5.36. The molecule has 3 atom stereocenters. The minimum atomic E-state index is -0.226. The molecule has 2 fully saturated rings. The molecule has 0 radical (unpaired) electrons. The van der Waals surface area contributed by atoms with Gasteiger partial charge in [-0.1, -0.05) is 26.7 Å². The zero-order valence-electron chi connectivity index (χ0n) is 10.9. The van der Waals surface area contributed by atoms with Gasteiger partial charge >= 0.3 is 0 Å². The Hall–Kier alpha value is -0.610. The summed E-state index contributed by atoms with van der Waals surface area (Å²) in [4.78, 5) is 13.8. The first-order valence-electron chi connectivity index (χ1n) is 6.76. The molecule has 2 rings (SSSR count). The van der Waals surface area contributed by atoms with Crippen molar-refractivity contribution < 1.29 is 9.90 Å². The summed E-state index contributed by atoms with van der Waals surface area (Å²) in [5.74, 6) is 1.40. The molecule has 2 aliphatic rings. The zero-order chi connectivity index (χ0) is 12.4. The van der Waals surface area contributed by atoms with Crippen molar-refractivity contribution in [2.24, 2.45) is 11.8 Å². The molecule has 0 bridgehead atoms. The second-order valence-corrected chi connectivity index (χ2v) is 5.79. The number of rotatable bonds is 3. The van der Waals surface area contributed by atoms with Gasteiger partial charge in [0.25, 0.3) is 0 Å². The van der Waals surface area contributed by atoms with E-state index in [0.29, 0.717) is 37.5 Å². The first kappa shape index (κ1) is 12.8. The van der Waals surface area contributed by atoms with Gasteiger partial charge in [0.2, 0.25) is 5.91 Å². The lowest BCUT2D eigenvalue weighted by molar-refractivity contribution is -0.126. The van der Waals surface area contributed by atoms with Gasteiger partial charge in [-0.05, 0) is 18.3 Å². The molecule has 1 aliphatic carbocycles. The number of hydrogen-bond acceptors (Lipinski definition) is 3.